The number of ether oxygens (including phenoxy) is 2. The van der Waals surface area contributed by atoms with Crippen molar-refractivity contribution in [3.8, 4) is 17.0 Å². The van der Waals surface area contributed by atoms with Gasteiger partial charge in [0.15, 0.2) is 11.0 Å². The Hall–Kier alpha value is -4.10. The van der Waals surface area contributed by atoms with Crippen LogP contribution in [0.3, 0.4) is 0 Å². The molecule has 0 unspecified atom stereocenters. The van der Waals surface area contributed by atoms with E-state index in [-0.39, 0.29) is 29.8 Å². The first kappa shape index (κ1) is 25.0. The van der Waals surface area contributed by atoms with E-state index in [9.17, 15) is 9.59 Å². The zero-order chi connectivity index (χ0) is 25.3. The number of nitrogens with one attached hydrogen (secondary N) is 1. The lowest BCUT2D eigenvalue weighted by atomic mass is 10.1. The average Bonchev–Trinajstić information content (AvgIpc) is 2.91. The number of esters is 1. The minimum absolute atomic E-state index is 0.0606. The highest BCUT2D eigenvalue weighted by molar-refractivity contribution is 6.32. The van der Waals surface area contributed by atoms with Crippen molar-refractivity contribution in [2.75, 3.05) is 19.0 Å². The minimum Gasteiger partial charge on any atom is -0.496 e. The molecule has 1 aromatic heterocycles. The largest absolute Gasteiger partial charge is 0.496 e. The summed E-state index contributed by atoms with van der Waals surface area (Å²) >= 11 is 6.60. The molecular formula is C28H26ClN3O4. The summed E-state index contributed by atoms with van der Waals surface area (Å²) in [5.41, 5.74) is 2.31. The number of aromatic nitrogens is 2. The van der Waals surface area contributed by atoms with E-state index in [0.717, 1.165) is 11.1 Å². The fourth-order valence-electron chi connectivity index (χ4n) is 3.79. The monoisotopic (exact) mass is 503 g/mol. The zero-order valence-electron chi connectivity index (χ0n) is 19.8. The fourth-order valence-corrected chi connectivity index (χ4v) is 4.07. The number of para-hydroxylation sites is 1. The zero-order valence-corrected chi connectivity index (χ0v) is 20.6. The van der Waals surface area contributed by atoms with Crippen LogP contribution in [0.4, 0.5) is 5.82 Å². The lowest BCUT2D eigenvalue weighted by Crippen LogP contribution is -2.30. The Kier molecular flexibility index (Phi) is 8.36. The van der Waals surface area contributed by atoms with Crippen LogP contribution in [0.5, 0.6) is 5.75 Å². The van der Waals surface area contributed by atoms with Crippen molar-refractivity contribution in [1.82, 2.24) is 9.55 Å². The van der Waals surface area contributed by atoms with E-state index < -0.39 is 11.5 Å². The Morgan fingerprint density at radius 3 is 2.28 bits per heavy atom. The van der Waals surface area contributed by atoms with E-state index in [1.807, 2.05) is 60.7 Å². The lowest BCUT2D eigenvalue weighted by Gasteiger charge is -2.18. The summed E-state index contributed by atoms with van der Waals surface area (Å²) in [4.78, 5) is 30.6. The molecule has 4 aromatic rings. The summed E-state index contributed by atoms with van der Waals surface area (Å²) in [6.07, 6.45) is 0.687. The van der Waals surface area contributed by atoms with E-state index in [0.29, 0.717) is 24.3 Å². The summed E-state index contributed by atoms with van der Waals surface area (Å²) in [5.74, 6) is -0.0168. The maximum Gasteiger partial charge on any atom is 0.326 e. The molecule has 0 amide bonds. The van der Waals surface area contributed by atoms with Crippen LogP contribution >= 0.6 is 11.6 Å². The summed E-state index contributed by atoms with van der Waals surface area (Å²) in [7, 11) is 1.52. The first-order chi connectivity index (χ1) is 17.6. The highest BCUT2D eigenvalue weighted by atomic mass is 35.5. The number of carbonyl (C=O) groups is 1. The molecule has 0 aliphatic rings. The second kappa shape index (κ2) is 12.0. The van der Waals surface area contributed by atoms with Crippen LogP contribution in [-0.4, -0.2) is 29.2 Å². The Morgan fingerprint density at radius 1 is 0.944 bits per heavy atom. The summed E-state index contributed by atoms with van der Waals surface area (Å²) in [5, 5.41) is 3.14. The van der Waals surface area contributed by atoms with Crippen LogP contribution < -0.4 is 15.6 Å². The predicted octanol–water partition coefficient (Wildman–Crippen LogP) is 4.97. The van der Waals surface area contributed by atoms with Crippen LogP contribution in [0.2, 0.25) is 5.15 Å². The molecule has 0 aliphatic heterocycles. The third-order valence-corrected chi connectivity index (χ3v) is 5.83. The minimum atomic E-state index is -0.574. The van der Waals surface area contributed by atoms with Gasteiger partial charge in [0.25, 0.3) is 5.56 Å². The van der Waals surface area contributed by atoms with Gasteiger partial charge in [-0.3, -0.25) is 14.2 Å². The third-order valence-electron chi connectivity index (χ3n) is 5.56. The van der Waals surface area contributed by atoms with Crippen molar-refractivity contribution in [2.45, 2.75) is 19.6 Å². The maximum absolute atomic E-state index is 13.5. The second-order valence-electron chi connectivity index (χ2n) is 8.00. The van der Waals surface area contributed by atoms with Crippen LogP contribution in [-0.2, 0) is 29.1 Å². The molecule has 0 fully saturated rings. The number of nitrogens with zero attached hydrogens (tertiary/aromatic N) is 2. The standard InChI is InChI=1S/C28H26ClN3O4/c1-35-23-15-9-8-14-22(23)25-26(29)31-27(30-17-16-20-10-4-2-5-11-20)28(34)32(25)18-24(33)36-19-21-12-6-3-7-13-21/h2-15H,16-19H2,1H3,(H,30,31). The van der Waals surface area contributed by atoms with Gasteiger partial charge in [0.1, 0.15) is 18.9 Å². The summed E-state index contributed by atoms with van der Waals surface area (Å²) < 4.78 is 12.2. The number of anilines is 1. The molecule has 0 spiro atoms. The first-order valence-electron chi connectivity index (χ1n) is 11.5. The topological polar surface area (TPSA) is 82.5 Å². The second-order valence-corrected chi connectivity index (χ2v) is 8.36. The predicted molar refractivity (Wildman–Crippen MR) is 140 cm³/mol. The Balaban J connectivity index is 1.64. The Labute approximate surface area is 214 Å². The van der Waals surface area contributed by atoms with Crippen molar-refractivity contribution in [3.63, 3.8) is 0 Å². The molecule has 3 aromatic carbocycles. The van der Waals surface area contributed by atoms with Gasteiger partial charge in [-0.1, -0.05) is 84.4 Å². The normalized spacial score (nSPS) is 10.6. The summed E-state index contributed by atoms with van der Waals surface area (Å²) in [6.45, 7) is 0.225. The van der Waals surface area contributed by atoms with E-state index in [1.165, 1.54) is 11.7 Å². The number of hydrogen-bond donors (Lipinski definition) is 1. The van der Waals surface area contributed by atoms with Crippen molar-refractivity contribution in [2.24, 2.45) is 0 Å². The van der Waals surface area contributed by atoms with E-state index >= 15 is 0 Å². The Morgan fingerprint density at radius 2 is 1.58 bits per heavy atom. The van der Waals surface area contributed by atoms with Crippen LogP contribution in [0.1, 0.15) is 11.1 Å². The van der Waals surface area contributed by atoms with Gasteiger partial charge in [-0.2, -0.15) is 0 Å². The highest BCUT2D eigenvalue weighted by Gasteiger charge is 2.22. The van der Waals surface area contributed by atoms with E-state index in [1.54, 1.807) is 24.3 Å². The number of benzene rings is 3. The molecule has 7 nitrogen and oxygen atoms in total. The lowest BCUT2D eigenvalue weighted by molar-refractivity contribution is -0.145. The SMILES string of the molecule is COc1ccccc1-c1c(Cl)nc(NCCc2ccccc2)c(=O)n1CC(=O)OCc1ccccc1. The fraction of sp³-hybridized carbons (Fsp3) is 0.179. The van der Waals surface area contributed by atoms with E-state index in [2.05, 4.69) is 10.3 Å². The number of hydrogen-bond acceptors (Lipinski definition) is 6. The number of methoxy groups -OCH3 is 1. The van der Waals surface area contributed by atoms with Gasteiger partial charge in [0.05, 0.1) is 12.8 Å². The smallest absolute Gasteiger partial charge is 0.326 e. The van der Waals surface area contributed by atoms with Crippen molar-refractivity contribution >= 4 is 23.4 Å². The molecule has 184 valence electrons. The van der Waals surface area contributed by atoms with Crippen molar-refractivity contribution in [1.29, 1.82) is 0 Å². The maximum atomic E-state index is 13.5. The number of carbonyl (C=O) groups excluding carboxylic acids is 1. The molecule has 0 radical (unpaired) electrons. The third kappa shape index (κ3) is 6.12. The van der Waals surface area contributed by atoms with Crippen LogP contribution in [0.25, 0.3) is 11.3 Å². The van der Waals surface area contributed by atoms with Gasteiger partial charge < -0.3 is 14.8 Å². The molecule has 0 saturated carbocycles. The molecule has 1 N–H and O–H groups in total. The summed E-state index contributed by atoms with van der Waals surface area (Å²) in [6, 6.07) is 26.3. The van der Waals surface area contributed by atoms with Gasteiger partial charge in [0.2, 0.25) is 0 Å². The molecule has 1 heterocycles. The van der Waals surface area contributed by atoms with Gasteiger partial charge in [-0.15, -0.1) is 0 Å². The molecule has 0 atom stereocenters. The first-order valence-corrected chi connectivity index (χ1v) is 11.9. The average molecular weight is 504 g/mol. The van der Waals surface area contributed by atoms with Crippen LogP contribution in [0.15, 0.2) is 89.7 Å². The molecule has 4 rings (SSSR count). The van der Waals surface area contributed by atoms with Crippen molar-refractivity contribution in [3.05, 3.63) is 112 Å². The van der Waals surface area contributed by atoms with Crippen LogP contribution in [0, 0.1) is 0 Å². The quantitative estimate of drug-likeness (QED) is 0.308. The molecule has 8 heteroatoms. The highest BCUT2D eigenvalue weighted by Crippen LogP contribution is 2.33. The molecule has 0 bridgehead atoms. The molecular weight excluding hydrogens is 478 g/mol. The van der Waals surface area contributed by atoms with Gasteiger partial charge >= 0.3 is 5.97 Å². The van der Waals surface area contributed by atoms with Gasteiger partial charge in [-0.25, -0.2) is 4.98 Å². The van der Waals surface area contributed by atoms with Gasteiger partial charge in [-0.05, 0) is 29.7 Å². The molecule has 0 aliphatic carbocycles. The molecule has 0 saturated heterocycles. The van der Waals surface area contributed by atoms with Crippen molar-refractivity contribution < 1.29 is 14.3 Å². The number of halogens is 1. The molecule has 36 heavy (non-hydrogen) atoms. The van der Waals surface area contributed by atoms with Gasteiger partial charge in [0, 0.05) is 12.1 Å². The Bertz CT molecular complexity index is 1370. The van der Waals surface area contributed by atoms with E-state index in [4.69, 9.17) is 21.1 Å². The number of rotatable bonds is 10.